The lowest BCUT2D eigenvalue weighted by molar-refractivity contribution is 0.0468. The number of ether oxygens (including phenoxy) is 1. The Kier molecular flexibility index (Phi) is 3.35. The number of hydrogen-bond acceptors (Lipinski definition) is 4. The molecule has 2 aromatic heterocycles. The molecule has 0 aliphatic carbocycles. The monoisotopic (exact) mass is 287 g/mol. The second-order valence-electron chi connectivity index (χ2n) is 4.13. The summed E-state index contributed by atoms with van der Waals surface area (Å²) in [6.07, 6.45) is 1.68. The van der Waals surface area contributed by atoms with Crippen LogP contribution in [0.25, 0.3) is 5.65 Å². The zero-order valence-corrected chi connectivity index (χ0v) is 11.1. The Hall–Kier alpha value is -2.40. The first-order valence-electron chi connectivity index (χ1n) is 5.95. The van der Waals surface area contributed by atoms with Crippen LogP contribution < -0.4 is 0 Å². The highest BCUT2D eigenvalue weighted by Gasteiger charge is 2.09. The van der Waals surface area contributed by atoms with Crippen molar-refractivity contribution < 1.29 is 9.53 Å². The molecule has 0 radical (unpaired) electrons. The summed E-state index contributed by atoms with van der Waals surface area (Å²) in [7, 11) is 0. The molecule has 0 aliphatic heterocycles. The molecule has 1 aromatic carbocycles. The Balaban J connectivity index is 1.72. The van der Waals surface area contributed by atoms with Crippen molar-refractivity contribution in [2.75, 3.05) is 0 Å². The van der Waals surface area contributed by atoms with Gasteiger partial charge in [0, 0.05) is 0 Å². The van der Waals surface area contributed by atoms with Gasteiger partial charge in [0.05, 0.1) is 17.5 Å². The molecule has 100 valence electrons. The van der Waals surface area contributed by atoms with E-state index in [4.69, 9.17) is 16.3 Å². The Labute approximate surface area is 119 Å². The molecule has 2 heterocycles. The third-order valence-corrected chi connectivity index (χ3v) is 2.90. The first-order valence-corrected chi connectivity index (χ1v) is 6.33. The van der Waals surface area contributed by atoms with Gasteiger partial charge in [-0.3, -0.25) is 0 Å². The van der Waals surface area contributed by atoms with Crippen molar-refractivity contribution in [3.05, 3.63) is 65.1 Å². The van der Waals surface area contributed by atoms with Gasteiger partial charge < -0.3 is 4.74 Å². The molecule has 6 heteroatoms. The third kappa shape index (κ3) is 2.62. The average molecular weight is 288 g/mol. The number of esters is 1. The molecule has 20 heavy (non-hydrogen) atoms. The van der Waals surface area contributed by atoms with E-state index in [1.54, 1.807) is 47.1 Å². The van der Waals surface area contributed by atoms with Crippen LogP contribution >= 0.6 is 11.6 Å². The summed E-state index contributed by atoms with van der Waals surface area (Å²) in [4.78, 5) is 16.1. The van der Waals surface area contributed by atoms with E-state index in [9.17, 15) is 4.79 Å². The number of rotatable bonds is 3. The number of fused-ring (bicyclic) bond motifs is 1. The highest BCUT2D eigenvalue weighted by atomic mass is 35.5. The van der Waals surface area contributed by atoms with Crippen LogP contribution in [0.3, 0.4) is 0 Å². The summed E-state index contributed by atoms with van der Waals surface area (Å²) >= 11 is 5.79. The fourth-order valence-electron chi connectivity index (χ4n) is 1.77. The van der Waals surface area contributed by atoms with E-state index in [0.29, 0.717) is 22.1 Å². The third-order valence-electron chi connectivity index (χ3n) is 2.70. The van der Waals surface area contributed by atoms with Crippen molar-refractivity contribution in [3.63, 3.8) is 0 Å². The van der Waals surface area contributed by atoms with Crippen molar-refractivity contribution in [2.45, 2.75) is 6.61 Å². The molecule has 0 bridgehead atoms. The molecule has 3 rings (SSSR count). The molecule has 5 nitrogen and oxygen atoms in total. The normalized spacial score (nSPS) is 10.7. The summed E-state index contributed by atoms with van der Waals surface area (Å²) in [6, 6.07) is 12.2. The number of imidazole rings is 1. The van der Waals surface area contributed by atoms with Gasteiger partial charge in [-0.2, -0.15) is 5.10 Å². The van der Waals surface area contributed by atoms with Gasteiger partial charge in [0.15, 0.2) is 5.65 Å². The molecular formula is C14H10ClN3O2. The molecule has 0 aliphatic rings. The number of carbonyl (C=O) groups excluding carboxylic acids is 1. The molecule has 0 unspecified atom stereocenters. The maximum atomic E-state index is 11.8. The van der Waals surface area contributed by atoms with Gasteiger partial charge in [0.2, 0.25) is 0 Å². The van der Waals surface area contributed by atoms with Crippen LogP contribution in [0.5, 0.6) is 0 Å². The quantitative estimate of drug-likeness (QED) is 0.695. The summed E-state index contributed by atoms with van der Waals surface area (Å²) in [5.41, 5.74) is 1.78. The zero-order valence-electron chi connectivity index (χ0n) is 10.4. The topological polar surface area (TPSA) is 56.5 Å². The maximum Gasteiger partial charge on any atom is 0.338 e. The van der Waals surface area contributed by atoms with E-state index in [1.807, 2.05) is 6.07 Å². The molecule has 0 N–H and O–H groups in total. The number of benzene rings is 1. The molecule has 0 saturated carbocycles. The lowest BCUT2D eigenvalue weighted by Crippen LogP contribution is -2.05. The van der Waals surface area contributed by atoms with E-state index in [1.165, 1.54) is 0 Å². The first-order chi connectivity index (χ1) is 9.72. The van der Waals surface area contributed by atoms with Crippen molar-refractivity contribution in [1.29, 1.82) is 0 Å². The number of carbonyl (C=O) groups is 1. The molecule has 0 saturated heterocycles. The molecule has 3 aromatic rings. The minimum atomic E-state index is -0.381. The van der Waals surface area contributed by atoms with Crippen LogP contribution in [0.15, 0.2) is 48.7 Å². The Bertz CT molecular complexity index is 755. The van der Waals surface area contributed by atoms with E-state index in [2.05, 4.69) is 10.1 Å². The predicted molar refractivity (Wildman–Crippen MR) is 73.6 cm³/mol. The fourth-order valence-corrected chi connectivity index (χ4v) is 1.92. The van der Waals surface area contributed by atoms with Gasteiger partial charge in [-0.15, -0.1) is 0 Å². The van der Waals surface area contributed by atoms with Crippen LogP contribution in [0.2, 0.25) is 5.15 Å². The van der Waals surface area contributed by atoms with Crippen LogP contribution in [0.1, 0.15) is 16.1 Å². The van der Waals surface area contributed by atoms with Gasteiger partial charge in [0.1, 0.15) is 11.8 Å². The second-order valence-corrected chi connectivity index (χ2v) is 4.52. The largest absolute Gasteiger partial charge is 0.456 e. The first kappa shape index (κ1) is 12.6. The number of halogens is 1. The highest BCUT2D eigenvalue weighted by Crippen LogP contribution is 2.10. The number of hydrogen-bond donors (Lipinski definition) is 0. The standard InChI is InChI=1S/C14H10ClN3O2/c15-12-6-7-13-16-11(8-18(13)17-12)9-20-14(19)10-4-2-1-3-5-10/h1-8H,9H2. The van der Waals surface area contributed by atoms with E-state index < -0.39 is 0 Å². The van der Waals surface area contributed by atoms with Crippen molar-refractivity contribution in [3.8, 4) is 0 Å². The number of nitrogens with zero attached hydrogens (tertiary/aromatic N) is 3. The Morgan fingerprint density at radius 1 is 1.20 bits per heavy atom. The van der Waals surface area contributed by atoms with Crippen molar-refractivity contribution in [1.82, 2.24) is 14.6 Å². The Morgan fingerprint density at radius 2 is 2.00 bits per heavy atom. The van der Waals surface area contributed by atoms with Crippen LogP contribution in [0.4, 0.5) is 0 Å². The summed E-state index contributed by atoms with van der Waals surface area (Å²) in [6.45, 7) is 0.0920. The van der Waals surface area contributed by atoms with Crippen LogP contribution in [0, 0.1) is 0 Å². The lowest BCUT2D eigenvalue weighted by Gasteiger charge is -2.01. The van der Waals surface area contributed by atoms with Gasteiger partial charge in [-0.25, -0.2) is 14.3 Å². The Morgan fingerprint density at radius 3 is 2.80 bits per heavy atom. The molecule has 0 fully saturated rings. The van der Waals surface area contributed by atoms with Crippen LogP contribution in [-0.2, 0) is 11.3 Å². The number of aromatic nitrogens is 3. The van der Waals surface area contributed by atoms with Gasteiger partial charge in [-0.05, 0) is 24.3 Å². The van der Waals surface area contributed by atoms with Crippen molar-refractivity contribution >= 4 is 23.2 Å². The van der Waals surface area contributed by atoms with Crippen LogP contribution in [-0.4, -0.2) is 20.6 Å². The lowest BCUT2D eigenvalue weighted by atomic mass is 10.2. The summed E-state index contributed by atoms with van der Waals surface area (Å²) < 4.78 is 6.75. The molecule has 0 spiro atoms. The maximum absolute atomic E-state index is 11.8. The van der Waals surface area contributed by atoms with E-state index >= 15 is 0 Å². The summed E-state index contributed by atoms with van der Waals surface area (Å²) in [5.74, 6) is -0.381. The molecular weight excluding hydrogens is 278 g/mol. The van der Waals surface area contributed by atoms with Gasteiger partial charge >= 0.3 is 5.97 Å². The predicted octanol–water partition coefficient (Wildman–Crippen LogP) is 2.74. The highest BCUT2D eigenvalue weighted by molar-refractivity contribution is 6.29. The minimum absolute atomic E-state index is 0.0920. The van der Waals surface area contributed by atoms with E-state index in [0.717, 1.165) is 0 Å². The average Bonchev–Trinajstić information content (AvgIpc) is 2.87. The van der Waals surface area contributed by atoms with Gasteiger partial charge in [0.25, 0.3) is 0 Å². The van der Waals surface area contributed by atoms with Crippen molar-refractivity contribution in [2.24, 2.45) is 0 Å². The fraction of sp³-hybridized carbons (Fsp3) is 0.0714. The molecule has 0 amide bonds. The second kappa shape index (κ2) is 5.30. The smallest absolute Gasteiger partial charge is 0.338 e. The van der Waals surface area contributed by atoms with E-state index in [-0.39, 0.29) is 12.6 Å². The SMILES string of the molecule is O=C(OCc1cn2nc(Cl)ccc2n1)c1ccccc1. The molecule has 0 atom stereocenters. The zero-order chi connectivity index (χ0) is 13.9. The summed E-state index contributed by atoms with van der Waals surface area (Å²) in [5, 5.41) is 4.44. The minimum Gasteiger partial charge on any atom is -0.456 e. The van der Waals surface area contributed by atoms with Gasteiger partial charge in [-0.1, -0.05) is 29.8 Å².